The third-order valence-electron chi connectivity index (χ3n) is 4.83. The normalized spacial score (nSPS) is 20.6. The molecule has 3 amide bonds. The van der Waals surface area contributed by atoms with Crippen LogP contribution in [0.5, 0.6) is 0 Å². The largest absolute Gasteiger partial charge is 0.480 e. The van der Waals surface area contributed by atoms with E-state index in [9.17, 15) is 14.4 Å². The Morgan fingerprint density at radius 1 is 1.18 bits per heavy atom. The zero-order valence-corrected chi connectivity index (χ0v) is 22.0. The monoisotopic (exact) mass is 689 g/mol. The molecule has 0 saturated carbocycles. The Morgan fingerprint density at radius 3 is 2.35 bits per heavy atom. The van der Waals surface area contributed by atoms with Gasteiger partial charge in [-0.05, 0) is 32.1 Å². The van der Waals surface area contributed by atoms with Gasteiger partial charge in [0.25, 0.3) is 0 Å². The fraction of sp³-hybridized carbons (Fsp3) is 0.833. The van der Waals surface area contributed by atoms with Crippen LogP contribution in [-0.4, -0.2) is 76.9 Å². The first-order valence-electron chi connectivity index (χ1n) is 10.8. The number of carbonyl (C=O) groups is 3. The predicted octanol–water partition coefficient (Wildman–Crippen LogP) is -0.927. The topological polar surface area (TPSA) is 252 Å². The molecule has 202 valence electrons. The summed E-state index contributed by atoms with van der Waals surface area (Å²) >= 11 is 1.89. The maximum absolute atomic E-state index is 11.8. The van der Waals surface area contributed by atoms with E-state index in [1.54, 1.807) is 0 Å². The molecule has 10 N–H and O–H groups in total. The number of aliphatic carboxylic acids is 1. The van der Waals surface area contributed by atoms with Crippen LogP contribution in [-0.2, 0) is 30.7 Å². The summed E-state index contributed by atoms with van der Waals surface area (Å²) in [4.78, 5) is 41.9. The standard InChI is InChI=1S/C16H28N4O4S.C2H8N2.NO3.Pt/c17-10(15(22)23)5-3-4-8-18-13(21)7-2-1-6-12-14-11(9-25-12)19-16(24)20-14;3-1-2-4;2-1(3)4;/h10-12,14H,1-9,17H2,(H,18,21)(H,22,23)(H2,19,20,24);1-4H2;;/q;;-1;. The third-order valence-corrected chi connectivity index (χ3v) is 6.34. The van der Waals surface area contributed by atoms with Crippen LogP contribution in [0.1, 0.15) is 44.9 Å². The number of nitrogens with one attached hydrogen (secondary N) is 3. The van der Waals surface area contributed by atoms with Gasteiger partial charge in [0.2, 0.25) is 5.91 Å². The van der Waals surface area contributed by atoms with Gasteiger partial charge >= 0.3 is 12.0 Å². The van der Waals surface area contributed by atoms with Crippen LogP contribution in [0.3, 0.4) is 0 Å². The molecular weight excluding hydrogens is 653 g/mol. The van der Waals surface area contributed by atoms with Crippen LogP contribution in [0.15, 0.2) is 0 Å². The van der Waals surface area contributed by atoms with Crippen molar-refractivity contribution in [2.75, 3.05) is 25.4 Å². The molecule has 0 spiro atoms. The summed E-state index contributed by atoms with van der Waals surface area (Å²) in [5.41, 5.74) is 15.2. The average molecular weight is 690 g/mol. The molecule has 2 aliphatic heterocycles. The minimum atomic E-state index is -1.75. The van der Waals surface area contributed by atoms with Gasteiger partial charge in [0, 0.05) is 58.1 Å². The van der Waals surface area contributed by atoms with Crippen molar-refractivity contribution in [3.63, 3.8) is 0 Å². The number of carbonyl (C=O) groups excluding carboxylic acids is 2. The molecule has 0 aliphatic carbocycles. The summed E-state index contributed by atoms with van der Waals surface area (Å²) in [7, 11) is 0. The fourth-order valence-electron chi connectivity index (χ4n) is 3.20. The molecule has 0 aromatic carbocycles. The van der Waals surface area contributed by atoms with Gasteiger partial charge in [0.05, 0.1) is 17.2 Å². The van der Waals surface area contributed by atoms with Crippen molar-refractivity contribution in [2.24, 2.45) is 17.2 Å². The molecule has 4 unspecified atom stereocenters. The molecular formula is C18H36N7O7PtS-. The molecule has 34 heavy (non-hydrogen) atoms. The minimum absolute atomic E-state index is 0. The molecule has 4 atom stereocenters. The number of amides is 3. The first kappa shape index (κ1) is 34.5. The number of unbranched alkanes of at least 4 members (excludes halogenated alkanes) is 2. The van der Waals surface area contributed by atoms with Crippen molar-refractivity contribution in [2.45, 2.75) is 68.3 Å². The first-order chi connectivity index (χ1) is 15.6. The predicted molar refractivity (Wildman–Crippen MR) is 125 cm³/mol. The van der Waals surface area contributed by atoms with E-state index in [4.69, 9.17) is 37.6 Å². The second-order valence-electron chi connectivity index (χ2n) is 7.46. The van der Waals surface area contributed by atoms with Crippen LogP contribution in [0, 0.1) is 15.3 Å². The zero-order valence-electron chi connectivity index (χ0n) is 18.9. The molecule has 2 aliphatic rings. The van der Waals surface area contributed by atoms with Gasteiger partial charge in [-0.3, -0.25) is 9.59 Å². The van der Waals surface area contributed by atoms with E-state index in [0.29, 0.717) is 44.1 Å². The number of carboxylic acids is 1. The van der Waals surface area contributed by atoms with E-state index in [0.717, 1.165) is 31.4 Å². The van der Waals surface area contributed by atoms with E-state index in [1.807, 2.05) is 11.8 Å². The van der Waals surface area contributed by atoms with Crippen LogP contribution < -0.4 is 33.2 Å². The number of carboxylic acid groups (broad SMARTS) is 1. The summed E-state index contributed by atoms with van der Waals surface area (Å²) in [6.45, 7) is 1.76. The quantitative estimate of drug-likeness (QED) is 0.0571. The van der Waals surface area contributed by atoms with Crippen LogP contribution in [0.25, 0.3) is 0 Å². The molecule has 0 aromatic rings. The fourth-order valence-corrected chi connectivity index (χ4v) is 4.75. The Kier molecular flexibility index (Phi) is 21.0. The molecule has 16 heteroatoms. The third kappa shape index (κ3) is 16.9. The first-order valence-corrected chi connectivity index (χ1v) is 11.8. The number of rotatable bonds is 12. The molecule has 2 saturated heterocycles. The van der Waals surface area contributed by atoms with E-state index >= 15 is 0 Å². The number of nitrogens with two attached hydrogens (primary N) is 3. The van der Waals surface area contributed by atoms with Gasteiger partial charge in [0.1, 0.15) is 6.04 Å². The van der Waals surface area contributed by atoms with Crippen molar-refractivity contribution < 1.29 is 45.6 Å². The van der Waals surface area contributed by atoms with Crippen LogP contribution in [0.2, 0.25) is 0 Å². The van der Waals surface area contributed by atoms with E-state index < -0.39 is 17.1 Å². The molecule has 2 heterocycles. The SMILES string of the molecule is NC(CCCCNC(=O)CCCCC1SCC2NC(=O)NC21)C(=O)O.NCCN.O=[N+]([O-])[O-].[Pt]. The number of hydrogen-bond acceptors (Lipinski definition) is 10. The van der Waals surface area contributed by atoms with E-state index in [2.05, 4.69) is 16.0 Å². The van der Waals surface area contributed by atoms with E-state index in [1.165, 1.54) is 0 Å². The maximum Gasteiger partial charge on any atom is 0.320 e. The molecule has 14 nitrogen and oxygen atoms in total. The Balaban J connectivity index is 0. The van der Waals surface area contributed by atoms with Crippen molar-refractivity contribution in [3.05, 3.63) is 15.3 Å². The van der Waals surface area contributed by atoms with Crippen LogP contribution in [0.4, 0.5) is 4.79 Å². The second kappa shape index (κ2) is 20.7. The zero-order chi connectivity index (χ0) is 25.2. The van der Waals surface area contributed by atoms with Crippen molar-refractivity contribution >= 4 is 29.7 Å². The Hall–Kier alpha value is -1.67. The summed E-state index contributed by atoms with van der Waals surface area (Å²) in [5, 5.41) is 32.6. The summed E-state index contributed by atoms with van der Waals surface area (Å²) < 4.78 is 0. The van der Waals surface area contributed by atoms with E-state index in [-0.39, 0.29) is 45.1 Å². The number of urea groups is 1. The van der Waals surface area contributed by atoms with Gasteiger partial charge in [-0.2, -0.15) is 11.8 Å². The Bertz CT molecular complexity index is 615. The maximum atomic E-state index is 11.8. The van der Waals surface area contributed by atoms with Crippen molar-refractivity contribution in [1.29, 1.82) is 0 Å². The van der Waals surface area contributed by atoms with Gasteiger partial charge in [-0.1, -0.05) is 6.42 Å². The Labute approximate surface area is 217 Å². The molecule has 0 bridgehead atoms. The smallest absolute Gasteiger partial charge is 0.320 e. The summed E-state index contributed by atoms with van der Waals surface area (Å²) in [5.74, 6) is 0.0131. The molecule has 2 rings (SSSR count). The molecule has 0 radical (unpaired) electrons. The number of thioether (sulfide) groups is 1. The molecule has 0 aromatic heterocycles. The summed E-state index contributed by atoms with van der Waals surface area (Å²) in [6, 6.07) is -0.406. The molecule has 2 fully saturated rings. The second-order valence-corrected chi connectivity index (χ2v) is 8.73. The van der Waals surface area contributed by atoms with Gasteiger partial charge in [0.15, 0.2) is 0 Å². The van der Waals surface area contributed by atoms with Crippen molar-refractivity contribution in [1.82, 2.24) is 16.0 Å². The number of hydrogen-bond donors (Lipinski definition) is 7. The number of nitrogens with zero attached hydrogens (tertiary/aromatic N) is 1. The average Bonchev–Trinajstić information content (AvgIpc) is 3.29. The minimum Gasteiger partial charge on any atom is -0.480 e. The van der Waals surface area contributed by atoms with Crippen LogP contribution >= 0.6 is 11.8 Å². The summed E-state index contributed by atoms with van der Waals surface area (Å²) in [6.07, 6.45) is 5.18. The van der Waals surface area contributed by atoms with Gasteiger partial charge in [-0.25, -0.2) is 4.79 Å². The Morgan fingerprint density at radius 2 is 1.79 bits per heavy atom. The van der Waals surface area contributed by atoms with Crippen molar-refractivity contribution in [3.8, 4) is 0 Å². The van der Waals surface area contributed by atoms with Gasteiger partial charge < -0.3 is 53.6 Å². The van der Waals surface area contributed by atoms with Gasteiger partial charge in [-0.15, -0.1) is 0 Å². The number of fused-ring (bicyclic) bond motifs is 1.